The van der Waals surface area contributed by atoms with Gasteiger partial charge in [-0.1, -0.05) is 30.3 Å². The largest absolute Gasteiger partial charge is 0.481 e. The maximum Gasteiger partial charge on any atom is 0.317 e. The lowest BCUT2D eigenvalue weighted by atomic mass is 9.80. The highest BCUT2D eigenvalue weighted by Gasteiger charge is 2.43. The fraction of sp³-hybridized carbons (Fsp3) is 0.550. The Hall–Kier alpha value is -2.61. The lowest BCUT2D eigenvalue weighted by Gasteiger charge is -2.39. The Morgan fingerprint density at radius 2 is 2.00 bits per heavy atom. The number of hydrogen-bond donors (Lipinski definition) is 2. The van der Waals surface area contributed by atoms with E-state index in [1.165, 1.54) is 7.11 Å². The molecule has 0 aromatic heterocycles. The molecule has 8 nitrogen and oxygen atoms in total. The second-order valence-corrected chi connectivity index (χ2v) is 7.26. The van der Waals surface area contributed by atoms with Crippen LogP contribution in [0.25, 0.3) is 0 Å². The van der Waals surface area contributed by atoms with E-state index < -0.39 is 11.4 Å². The zero-order valence-corrected chi connectivity index (χ0v) is 16.5. The minimum Gasteiger partial charge on any atom is -0.481 e. The predicted octanol–water partition coefficient (Wildman–Crippen LogP) is 1.56. The maximum atomic E-state index is 12.5. The number of methoxy groups -OCH3 is 1. The van der Waals surface area contributed by atoms with E-state index in [9.17, 15) is 19.5 Å². The molecule has 2 N–H and O–H groups in total. The summed E-state index contributed by atoms with van der Waals surface area (Å²) in [4.78, 5) is 39.5. The van der Waals surface area contributed by atoms with Gasteiger partial charge in [0.05, 0.1) is 6.61 Å². The third kappa shape index (κ3) is 5.69. The van der Waals surface area contributed by atoms with Crippen LogP contribution < -0.4 is 5.32 Å². The smallest absolute Gasteiger partial charge is 0.317 e. The number of carboxylic acids is 1. The number of likely N-dealkylation sites (tertiary alicyclic amines) is 1. The van der Waals surface area contributed by atoms with E-state index in [-0.39, 0.29) is 38.1 Å². The minimum absolute atomic E-state index is 0.0765. The summed E-state index contributed by atoms with van der Waals surface area (Å²) in [6.45, 7) is 1.42. The first kappa shape index (κ1) is 21.7. The topological polar surface area (TPSA) is 99.2 Å². The van der Waals surface area contributed by atoms with E-state index in [0.717, 1.165) is 5.56 Å². The Morgan fingerprint density at radius 3 is 2.64 bits per heavy atom. The molecule has 0 aliphatic carbocycles. The number of carbonyl (C=O) groups is 3. The quantitative estimate of drug-likeness (QED) is 0.701. The molecule has 28 heavy (non-hydrogen) atoms. The van der Waals surface area contributed by atoms with Crippen molar-refractivity contribution in [2.24, 2.45) is 5.41 Å². The Bertz CT molecular complexity index is 678. The van der Waals surface area contributed by atoms with Gasteiger partial charge in [-0.3, -0.25) is 9.59 Å². The maximum absolute atomic E-state index is 12.5. The molecule has 0 saturated carbocycles. The van der Waals surface area contributed by atoms with Gasteiger partial charge in [-0.05, 0) is 18.4 Å². The molecule has 1 aliphatic rings. The fourth-order valence-electron chi connectivity index (χ4n) is 3.47. The highest BCUT2D eigenvalue weighted by Crippen LogP contribution is 2.31. The first-order valence-electron chi connectivity index (χ1n) is 9.41. The van der Waals surface area contributed by atoms with Crippen LogP contribution in [-0.2, 0) is 20.9 Å². The van der Waals surface area contributed by atoms with Gasteiger partial charge in [0, 0.05) is 46.8 Å². The molecule has 1 saturated heterocycles. The zero-order valence-electron chi connectivity index (χ0n) is 16.5. The molecule has 8 heteroatoms. The molecule has 1 aromatic carbocycles. The van der Waals surface area contributed by atoms with E-state index in [0.29, 0.717) is 25.9 Å². The first-order valence-corrected chi connectivity index (χ1v) is 9.41. The molecule has 154 valence electrons. The van der Waals surface area contributed by atoms with E-state index in [1.54, 1.807) is 16.8 Å². The first-order chi connectivity index (χ1) is 13.4. The second-order valence-electron chi connectivity index (χ2n) is 7.26. The van der Waals surface area contributed by atoms with E-state index in [4.69, 9.17) is 4.74 Å². The van der Waals surface area contributed by atoms with Crippen molar-refractivity contribution in [3.63, 3.8) is 0 Å². The number of amides is 3. The molecule has 0 spiro atoms. The number of carboxylic acid groups (broad SMARTS) is 1. The van der Waals surface area contributed by atoms with Crippen LogP contribution in [0.1, 0.15) is 24.8 Å². The summed E-state index contributed by atoms with van der Waals surface area (Å²) in [6.07, 6.45) is 1.24. The normalized spacial score (nSPS) is 19.1. The van der Waals surface area contributed by atoms with Crippen molar-refractivity contribution in [3.05, 3.63) is 35.9 Å². The van der Waals surface area contributed by atoms with Crippen LogP contribution in [0.4, 0.5) is 4.79 Å². The van der Waals surface area contributed by atoms with Crippen molar-refractivity contribution in [1.29, 1.82) is 0 Å². The van der Waals surface area contributed by atoms with E-state index >= 15 is 0 Å². The van der Waals surface area contributed by atoms with Crippen molar-refractivity contribution in [1.82, 2.24) is 15.1 Å². The van der Waals surface area contributed by atoms with Gasteiger partial charge in [0.2, 0.25) is 5.91 Å². The molecular weight excluding hydrogens is 362 g/mol. The van der Waals surface area contributed by atoms with Crippen molar-refractivity contribution < 1.29 is 24.2 Å². The highest BCUT2D eigenvalue weighted by atomic mass is 16.5. The molecule has 1 heterocycles. The number of benzene rings is 1. The summed E-state index contributed by atoms with van der Waals surface area (Å²) in [7, 11) is 3.16. The second kappa shape index (κ2) is 10.1. The van der Waals surface area contributed by atoms with Gasteiger partial charge in [-0.2, -0.15) is 0 Å². The summed E-state index contributed by atoms with van der Waals surface area (Å²) in [5.74, 6) is -1.10. The van der Waals surface area contributed by atoms with Gasteiger partial charge in [0.1, 0.15) is 5.41 Å². The summed E-state index contributed by atoms with van der Waals surface area (Å²) >= 11 is 0. The summed E-state index contributed by atoms with van der Waals surface area (Å²) < 4.78 is 5.08. The average molecular weight is 391 g/mol. The Morgan fingerprint density at radius 1 is 1.29 bits per heavy atom. The SMILES string of the molecule is COCC1(C(=O)O)CCCN(C(=O)CCNC(=O)N(C)Cc2ccccc2)C1. The third-order valence-corrected chi connectivity index (χ3v) is 5.03. The van der Waals surface area contributed by atoms with Crippen LogP contribution >= 0.6 is 0 Å². The number of rotatable bonds is 8. The van der Waals surface area contributed by atoms with Crippen molar-refractivity contribution in [3.8, 4) is 0 Å². The van der Waals surface area contributed by atoms with Crippen LogP contribution in [0.2, 0.25) is 0 Å². The number of nitrogens with zero attached hydrogens (tertiary/aromatic N) is 2. The number of aliphatic carboxylic acids is 1. The molecule has 1 atom stereocenters. The van der Waals surface area contributed by atoms with Gasteiger partial charge in [-0.15, -0.1) is 0 Å². The molecule has 1 unspecified atom stereocenters. The van der Waals surface area contributed by atoms with Gasteiger partial charge in [0.15, 0.2) is 0 Å². The van der Waals surface area contributed by atoms with Gasteiger partial charge < -0.3 is 25.0 Å². The lowest BCUT2D eigenvalue weighted by molar-refractivity contribution is -0.159. The van der Waals surface area contributed by atoms with Gasteiger partial charge in [-0.25, -0.2) is 4.79 Å². The van der Waals surface area contributed by atoms with Gasteiger partial charge >= 0.3 is 12.0 Å². The van der Waals surface area contributed by atoms with Crippen LogP contribution in [-0.4, -0.2) is 73.2 Å². The predicted molar refractivity (Wildman–Crippen MR) is 104 cm³/mol. The summed E-state index contributed by atoms with van der Waals surface area (Å²) in [5, 5.41) is 12.3. The molecular formula is C20H29N3O5. The van der Waals surface area contributed by atoms with Crippen LogP contribution in [0, 0.1) is 5.41 Å². The van der Waals surface area contributed by atoms with Crippen molar-refractivity contribution >= 4 is 17.9 Å². The molecule has 3 amide bonds. The number of piperidine rings is 1. The summed E-state index contributed by atoms with van der Waals surface area (Å²) in [6, 6.07) is 9.38. The molecule has 2 rings (SSSR count). The number of nitrogens with one attached hydrogen (secondary N) is 1. The van der Waals surface area contributed by atoms with Crippen LogP contribution in [0.5, 0.6) is 0 Å². The van der Waals surface area contributed by atoms with E-state index in [2.05, 4.69) is 5.32 Å². The van der Waals surface area contributed by atoms with E-state index in [1.807, 2.05) is 30.3 Å². The van der Waals surface area contributed by atoms with Crippen LogP contribution in [0.15, 0.2) is 30.3 Å². The Labute approximate surface area is 165 Å². The highest BCUT2D eigenvalue weighted by molar-refractivity contribution is 5.80. The number of ether oxygens (including phenoxy) is 1. The molecule has 0 radical (unpaired) electrons. The molecule has 1 fully saturated rings. The number of carbonyl (C=O) groups excluding carboxylic acids is 2. The number of urea groups is 1. The Balaban J connectivity index is 1.79. The Kier molecular flexibility index (Phi) is 7.80. The monoisotopic (exact) mass is 391 g/mol. The molecule has 1 aliphatic heterocycles. The molecule has 0 bridgehead atoms. The van der Waals surface area contributed by atoms with Gasteiger partial charge in [0.25, 0.3) is 0 Å². The standard InChI is InChI=1S/C20H29N3O5/c1-22(13-16-7-4-3-5-8-16)19(27)21-11-9-17(24)23-12-6-10-20(14-23,15-28-2)18(25)26/h3-5,7-8H,6,9-15H2,1-2H3,(H,21,27)(H,25,26). The van der Waals surface area contributed by atoms with Crippen LogP contribution in [0.3, 0.4) is 0 Å². The van der Waals surface area contributed by atoms with Crippen molar-refractivity contribution in [2.45, 2.75) is 25.8 Å². The van der Waals surface area contributed by atoms with Crippen molar-refractivity contribution in [2.75, 3.05) is 40.4 Å². The lowest BCUT2D eigenvalue weighted by Crippen LogP contribution is -2.52. The average Bonchev–Trinajstić information content (AvgIpc) is 2.68. The minimum atomic E-state index is -1.05. The zero-order chi connectivity index (χ0) is 20.6. The third-order valence-electron chi connectivity index (χ3n) is 5.03. The summed E-state index contributed by atoms with van der Waals surface area (Å²) in [5.41, 5.74) is -0.0327. The number of hydrogen-bond acceptors (Lipinski definition) is 4. The molecule has 1 aromatic rings. The fourth-order valence-corrected chi connectivity index (χ4v) is 3.47.